The predicted octanol–water partition coefficient (Wildman–Crippen LogP) is 3.16. The Labute approximate surface area is 96.0 Å². The molecule has 82 valence electrons. The van der Waals surface area contributed by atoms with E-state index in [0.717, 1.165) is 10.0 Å². The van der Waals surface area contributed by atoms with E-state index in [1.165, 1.54) is 0 Å². The molecule has 0 bridgehead atoms. The molecule has 1 N–H and O–H groups in total. The Bertz CT molecular complexity index is 337. The van der Waals surface area contributed by atoms with Crippen molar-refractivity contribution >= 4 is 15.9 Å². The molecule has 0 saturated carbocycles. The van der Waals surface area contributed by atoms with E-state index in [1.807, 2.05) is 12.1 Å². The van der Waals surface area contributed by atoms with E-state index in [-0.39, 0.29) is 6.54 Å². The van der Waals surface area contributed by atoms with Crippen LogP contribution in [0, 0.1) is 0 Å². The van der Waals surface area contributed by atoms with Crippen LogP contribution in [0.4, 0.5) is 8.78 Å². The number of piperidine rings is 1. The van der Waals surface area contributed by atoms with E-state index in [0.29, 0.717) is 13.0 Å². The first-order valence-corrected chi connectivity index (χ1v) is 5.73. The van der Waals surface area contributed by atoms with E-state index >= 15 is 0 Å². The van der Waals surface area contributed by atoms with Gasteiger partial charge in [0.25, 0.3) is 5.92 Å². The molecule has 1 aliphatic heterocycles. The van der Waals surface area contributed by atoms with Gasteiger partial charge < -0.3 is 5.32 Å². The molecule has 1 aliphatic rings. The lowest BCUT2D eigenvalue weighted by molar-refractivity contribution is -0.0420. The van der Waals surface area contributed by atoms with Gasteiger partial charge >= 0.3 is 0 Å². The van der Waals surface area contributed by atoms with Gasteiger partial charge in [0, 0.05) is 4.47 Å². The number of nitrogens with one attached hydrogen (secondary N) is 1. The summed E-state index contributed by atoms with van der Waals surface area (Å²) in [4.78, 5) is 0. The molecule has 1 aromatic rings. The van der Waals surface area contributed by atoms with Crippen LogP contribution in [0.25, 0.3) is 0 Å². The van der Waals surface area contributed by atoms with Crippen LogP contribution in [0.15, 0.2) is 28.7 Å². The number of rotatable bonds is 1. The third-order valence-corrected chi connectivity index (χ3v) is 3.28. The minimum absolute atomic E-state index is 0.215. The summed E-state index contributed by atoms with van der Waals surface area (Å²) in [6, 6.07) is 7.17. The zero-order chi connectivity index (χ0) is 10.9. The highest BCUT2D eigenvalue weighted by molar-refractivity contribution is 9.10. The van der Waals surface area contributed by atoms with Gasteiger partial charge in [-0.2, -0.15) is 0 Å². The summed E-state index contributed by atoms with van der Waals surface area (Å²) in [7, 11) is 0. The molecule has 0 aromatic heterocycles. The highest BCUT2D eigenvalue weighted by atomic mass is 79.9. The predicted molar refractivity (Wildman–Crippen MR) is 59.3 cm³/mol. The molecular weight excluding hydrogens is 264 g/mol. The second-order valence-corrected chi connectivity index (χ2v) is 4.75. The van der Waals surface area contributed by atoms with Crippen molar-refractivity contribution in [1.82, 2.24) is 5.32 Å². The summed E-state index contributed by atoms with van der Waals surface area (Å²) >= 11 is 3.30. The number of alkyl halides is 2. The van der Waals surface area contributed by atoms with Gasteiger partial charge in [-0.1, -0.05) is 28.1 Å². The molecule has 1 fully saturated rings. The minimum Gasteiger partial charge on any atom is -0.311 e. The van der Waals surface area contributed by atoms with Crippen LogP contribution >= 0.6 is 15.9 Å². The molecule has 0 amide bonds. The van der Waals surface area contributed by atoms with Crippen LogP contribution in [0.2, 0.25) is 0 Å². The molecule has 1 atom stereocenters. The Morgan fingerprint density at radius 1 is 1.27 bits per heavy atom. The highest BCUT2D eigenvalue weighted by Gasteiger charge is 2.42. The molecule has 0 aliphatic carbocycles. The Morgan fingerprint density at radius 2 is 1.93 bits per heavy atom. The van der Waals surface area contributed by atoms with E-state index in [4.69, 9.17) is 0 Å². The van der Waals surface area contributed by atoms with Crippen molar-refractivity contribution in [2.75, 3.05) is 13.1 Å². The fourth-order valence-electron chi connectivity index (χ4n) is 1.94. The molecule has 15 heavy (non-hydrogen) atoms. The van der Waals surface area contributed by atoms with Crippen LogP contribution < -0.4 is 5.32 Å². The molecule has 2 rings (SSSR count). The summed E-state index contributed by atoms with van der Waals surface area (Å²) in [5.74, 6) is -3.28. The van der Waals surface area contributed by atoms with Crippen LogP contribution in [0.5, 0.6) is 0 Å². The van der Waals surface area contributed by atoms with Gasteiger partial charge in [0.05, 0.1) is 12.5 Å². The molecule has 0 radical (unpaired) electrons. The molecule has 0 spiro atoms. The van der Waals surface area contributed by atoms with Crippen LogP contribution in [-0.4, -0.2) is 19.0 Å². The maximum absolute atomic E-state index is 13.6. The Morgan fingerprint density at radius 3 is 2.53 bits per heavy atom. The summed E-state index contributed by atoms with van der Waals surface area (Å²) in [5.41, 5.74) is 0.727. The van der Waals surface area contributed by atoms with Crippen molar-refractivity contribution in [2.45, 2.75) is 18.3 Å². The Hall–Kier alpha value is -0.480. The van der Waals surface area contributed by atoms with Gasteiger partial charge in [-0.15, -0.1) is 0 Å². The molecule has 1 aromatic carbocycles. The van der Waals surface area contributed by atoms with Gasteiger partial charge in [0.1, 0.15) is 0 Å². The number of hydrogen-bond donors (Lipinski definition) is 1. The van der Waals surface area contributed by atoms with E-state index in [2.05, 4.69) is 21.2 Å². The minimum atomic E-state index is -2.63. The monoisotopic (exact) mass is 275 g/mol. The second-order valence-electron chi connectivity index (χ2n) is 3.83. The van der Waals surface area contributed by atoms with Crippen molar-refractivity contribution in [1.29, 1.82) is 0 Å². The smallest absolute Gasteiger partial charge is 0.267 e. The Balaban J connectivity index is 2.25. The lowest BCUT2D eigenvalue weighted by atomic mass is 9.87. The average molecular weight is 276 g/mol. The normalized spacial score (nSPS) is 25.1. The summed E-state index contributed by atoms with van der Waals surface area (Å²) in [6.07, 6.45) is 0.495. The van der Waals surface area contributed by atoms with E-state index in [9.17, 15) is 8.78 Å². The molecule has 4 heteroatoms. The van der Waals surface area contributed by atoms with Crippen LogP contribution in [0.3, 0.4) is 0 Å². The van der Waals surface area contributed by atoms with Crippen molar-refractivity contribution in [3.63, 3.8) is 0 Å². The zero-order valence-electron chi connectivity index (χ0n) is 8.14. The van der Waals surface area contributed by atoms with E-state index in [1.54, 1.807) is 12.1 Å². The van der Waals surface area contributed by atoms with Crippen molar-refractivity contribution in [3.05, 3.63) is 34.3 Å². The molecule has 1 unspecified atom stereocenters. The Kier molecular flexibility index (Phi) is 3.07. The largest absolute Gasteiger partial charge is 0.311 e. The van der Waals surface area contributed by atoms with E-state index < -0.39 is 11.8 Å². The van der Waals surface area contributed by atoms with Crippen LogP contribution in [0.1, 0.15) is 17.9 Å². The maximum Gasteiger partial charge on any atom is 0.267 e. The highest BCUT2D eigenvalue weighted by Crippen LogP contribution is 2.37. The SMILES string of the molecule is FC1(F)CNCCC1c1ccc(Br)cc1. The van der Waals surface area contributed by atoms with Gasteiger partial charge in [0.15, 0.2) is 0 Å². The topological polar surface area (TPSA) is 12.0 Å². The zero-order valence-corrected chi connectivity index (χ0v) is 9.73. The summed E-state index contributed by atoms with van der Waals surface area (Å²) in [6.45, 7) is 0.448. The average Bonchev–Trinajstić information content (AvgIpc) is 2.19. The second kappa shape index (κ2) is 4.18. The first kappa shape index (κ1) is 11.0. The molecule has 1 nitrogen and oxygen atoms in total. The maximum atomic E-state index is 13.6. The van der Waals surface area contributed by atoms with Gasteiger partial charge in [-0.25, -0.2) is 8.78 Å². The number of benzene rings is 1. The fraction of sp³-hybridized carbons (Fsp3) is 0.455. The third-order valence-electron chi connectivity index (χ3n) is 2.75. The molecule has 1 heterocycles. The van der Waals surface area contributed by atoms with Gasteiger partial charge in [0.2, 0.25) is 0 Å². The third kappa shape index (κ3) is 2.37. The lowest BCUT2D eigenvalue weighted by Crippen LogP contribution is -2.44. The number of hydrogen-bond acceptors (Lipinski definition) is 1. The molecular formula is C11H12BrF2N. The summed E-state index contributed by atoms with van der Waals surface area (Å²) in [5, 5.41) is 2.73. The fourth-order valence-corrected chi connectivity index (χ4v) is 2.21. The summed E-state index contributed by atoms with van der Waals surface area (Å²) < 4.78 is 28.1. The molecule has 1 saturated heterocycles. The van der Waals surface area contributed by atoms with Gasteiger partial charge in [-0.3, -0.25) is 0 Å². The van der Waals surface area contributed by atoms with Crippen molar-refractivity contribution in [3.8, 4) is 0 Å². The first-order chi connectivity index (χ1) is 7.09. The lowest BCUT2D eigenvalue weighted by Gasteiger charge is -2.32. The van der Waals surface area contributed by atoms with Crippen molar-refractivity contribution in [2.24, 2.45) is 0 Å². The standard InChI is InChI=1S/C11H12BrF2N/c12-9-3-1-8(2-4-9)10-5-6-15-7-11(10,13)14/h1-4,10,15H,5-7H2. The van der Waals surface area contributed by atoms with Gasteiger partial charge in [-0.05, 0) is 30.7 Å². The quantitative estimate of drug-likeness (QED) is 0.830. The van der Waals surface area contributed by atoms with Crippen molar-refractivity contribution < 1.29 is 8.78 Å². The number of halogens is 3. The van der Waals surface area contributed by atoms with Crippen LogP contribution in [-0.2, 0) is 0 Å². The first-order valence-electron chi connectivity index (χ1n) is 4.93.